The van der Waals surface area contributed by atoms with Gasteiger partial charge in [-0.05, 0) is 43.5 Å². The highest BCUT2D eigenvalue weighted by molar-refractivity contribution is 5.93. The number of halogens is 1. The molecule has 0 unspecified atom stereocenters. The Morgan fingerprint density at radius 2 is 2.00 bits per heavy atom. The van der Waals surface area contributed by atoms with Gasteiger partial charge in [0.2, 0.25) is 0 Å². The smallest absolute Gasteiger partial charge is 0.269 e. The van der Waals surface area contributed by atoms with Crippen LogP contribution in [0.2, 0.25) is 0 Å². The average Bonchev–Trinajstić information content (AvgIpc) is 3.11. The van der Waals surface area contributed by atoms with E-state index in [9.17, 15) is 14.9 Å². The maximum atomic E-state index is 12.3. The van der Waals surface area contributed by atoms with Gasteiger partial charge in [-0.3, -0.25) is 14.9 Å². The summed E-state index contributed by atoms with van der Waals surface area (Å²) in [5, 5.41) is 21.2. The molecule has 1 aliphatic heterocycles. The molecule has 1 aliphatic rings. The van der Waals surface area contributed by atoms with E-state index >= 15 is 0 Å². The van der Waals surface area contributed by atoms with Gasteiger partial charge in [0.1, 0.15) is 0 Å². The van der Waals surface area contributed by atoms with Gasteiger partial charge >= 0.3 is 0 Å². The zero-order valence-electron chi connectivity index (χ0n) is 14.5. The summed E-state index contributed by atoms with van der Waals surface area (Å²) in [5.74, 6) is -0.159. The molecule has 0 radical (unpaired) electrons. The Morgan fingerprint density at radius 3 is 2.62 bits per heavy atom. The van der Waals surface area contributed by atoms with Gasteiger partial charge in [0, 0.05) is 24.9 Å². The van der Waals surface area contributed by atoms with Crippen molar-refractivity contribution in [3.8, 4) is 5.69 Å². The van der Waals surface area contributed by atoms with Gasteiger partial charge in [-0.2, -0.15) is 5.10 Å². The highest BCUT2D eigenvalue weighted by atomic mass is 35.5. The van der Waals surface area contributed by atoms with E-state index in [0.717, 1.165) is 25.9 Å². The van der Waals surface area contributed by atoms with E-state index in [0.29, 0.717) is 17.8 Å². The SMILES string of the molecule is CC1(CNC(=O)c2cnn(-c3ccc([N+](=O)[O-])cc3)c2)CCNCC1.Cl. The second-order valence-electron chi connectivity index (χ2n) is 6.69. The molecule has 1 aromatic carbocycles. The lowest BCUT2D eigenvalue weighted by Crippen LogP contribution is -2.42. The van der Waals surface area contributed by atoms with Crippen LogP contribution in [0.3, 0.4) is 0 Å². The normalized spacial score (nSPS) is 15.7. The predicted octanol–water partition coefficient (Wildman–Crippen LogP) is 2.32. The molecule has 1 aromatic heterocycles. The van der Waals surface area contributed by atoms with Gasteiger partial charge in [0.15, 0.2) is 0 Å². The van der Waals surface area contributed by atoms with E-state index in [1.165, 1.54) is 23.0 Å². The van der Waals surface area contributed by atoms with E-state index in [1.54, 1.807) is 18.3 Å². The molecule has 0 bridgehead atoms. The fraction of sp³-hybridized carbons (Fsp3) is 0.412. The van der Waals surface area contributed by atoms with Crippen molar-refractivity contribution in [2.45, 2.75) is 19.8 Å². The lowest BCUT2D eigenvalue weighted by molar-refractivity contribution is -0.384. The van der Waals surface area contributed by atoms with Crippen molar-refractivity contribution < 1.29 is 9.72 Å². The topological polar surface area (TPSA) is 102 Å². The highest BCUT2D eigenvalue weighted by Gasteiger charge is 2.27. The number of nitro groups is 1. The molecule has 140 valence electrons. The van der Waals surface area contributed by atoms with Crippen LogP contribution in [0.25, 0.3) is 5.69 Å². The van der Waals surface area contributed by atoms with Gasteiger partial charge < -0.3 is 10.6 Å². The molecule has 1 fully saturated rings. The first-order valence-electron chi connectivity index (χ1n) is 8.25. The van der Waals surface area contributed by atoms with E-state index in [-0.39, 0.29) is 29.4 Å². The van der Waals surface area contributed by atoms with Crippen molar-refractivity contribution in [1.82, 2.24) is 20.4 Å². The molecule has 1 amide bonds. The number of nitrogens with zero attached hydrogens (tertiary/aromatic N) is 3. The average molecular weight is 380 g/mol. The Hall–Kier alpha value is -2.45. The van der Waals surface area contributed by atoms with Crippen LogP contribution in [0.1, 0.15) is 30.1 Å². The minimum Gasteiger partial charge on any atom is -0.351 e. The number of piperidine rings is 1. The minimum atomic E-state index is -0.451. The summed E-state index contributed by atoms with van der Waals surface area (Å²) in [6.45, 7) is 4.78. The van der Waals surface area contributed by atoms with Crippen LogP contribution < -0.4 is 10.6 Å². The number of hydrogen-bond donors (Lipinski definition) is 2. The Morgan fingerprint density at radius 1 is 1.35 bits per heavy atom. The first-order chi connectivity index (χ1) is 12.0. The number of aromatic nitrogens is 2. The van der Waals surface area contributed by atoms with Crippen LogP contribution in [0.5, 0.6) is 0 Å². The maximum absolute atomic E-state index is 12.3. The molecule has 2 aromatic rings. The monoisotopic (exact) mass is 379 g/mol. The van der Waals surface area contributed by atoms with Gasteiger partial charge in [0.05, 0.1) is 22.4 Å². The minimum absolute atomic E-state index is 0. The molecular weight excluding hydrogens is 358 g/mol. The fourth-order valence-electron chi connectivity index (χ4n) is 2.91. The molecule has 26 heavy (non-hydrogen) atoms. The summed E-state index contributed by atoms with van der Waals surface area (Å²) in [4.78, 5) is 22.6. The van der Waals surface area contributed by atoms with Gasteiger partial charge in [0.25, 0.3) is 11.6 Å². The van der Waals surface area contributed by atoms with Crippen molar-refractivity contribution in [3.63, 3.8) is 0 Å². The third kappa shape index (κ3) is 4.59. The number of rotatable bonds is 5. The molecule has 2 N–H and O–H groups in total. The van der Waals surface area contributed by atoms with E-state index in [1.807, 2.05) is 0 Å². The highest BCUT2D eigenvalue weighted by Crippen LogP contribution is 2.26. The van der Waals surface area contributed by atoms with Crippen LogP contribution in [0, 0.1) is 15.5 Å². The van der Waals surface area contributed by atoms with Crippen molar-refractivity contribution in [1.29, 1.82) is 0 Å². The Labute approximate surface area is 157 Å². The van der Waals surface area contributed by atoms with Gasteiger partial charge in [-0.1, -0.05) is 6.92 Å². The fourth-order valence-corrected chi connectivity index (χ4v) is 2.91. The van der Waals surface area contributed by atoms with Crippen LogP contribution >= 0.6 is 12.4 Å². The second-order valence-corrected chi connectivity index (χ2v) is 6.69. The summed E-state index contributed by atoms with van der Waals surface area (Å²) in [6, 6.07) is 6.02. The van der Waals surface area contributed by atoms with Crippen molar-refractivity contribution in [3.05, 3.63) is 52.3 Å². The number of nitro benzene ring substituents is 1. The molecule has 8 nitrogen and oxygen atoms in total. The third-order valence-electron chi connectivity index (χ3n) is 4.66. The quantitative estimate of drug-likeness (QED) is 0.613. The van der Waals surface area contributed by atoms with E-state index < -0.39 is 4.92 Å². The summed E-state index contributed by atoms with van der Waals surface area (Å²) in [7, 11) is 0. The zero-order chi connectivity index (χ0) is 17.9. The number of carbonyl (C=O) groups is 1. The first kappa shape index (κ1) is 19.9. The number of benzene rings is 1. The van der Waals surface area contributed by atoms with Crippen molar-refractivity contribution in [2.24, 2.45) is 5.41 Å². The standard InChI is InChI=1S/C17H21N5O3.ClH/c1-17(6-8-18-9-7-17)12-19-16(23)13-10-20-21(11-13)14-2-4-15(5-3-14)22(24)25;/h2-5,10-11,18H,6-9,12H2,1H3,(H,19,23);1H. The molecular formula is C17H22ClN5O3. The van der Waals surface area contributed by atoms with E-state index in [4.69, 9.17) is 0 Å². The summed E-state index contributed by atoms with van der Waals surface area (Å²) >= 11 is 0. The molecule has 1 saturated heterocycles. The summed E-state index contributed by atoms with van der Waals surface area (Å²) in [6.07, 6.45) is 5.20. The lowest BCUT2D eigenvalue weighted by Gasteiger charge is -2.34. The molecule has 0 spiro atoms. The van der Waals surface area contributed by atoms with Crippen molar-refractivity contribution >= 4 is 24.0 Å². The van der Waals surface area contributed by atoms with Crippen LogP contribution in [-0.4, -0.2) is 40.2 Å². The molecule has 2 heterocycles. The Bertz CT molecular complexity index is 769. The van der Waals surface area contributed by atoms with Crippen molar-refractivity contribution in [2.75, 3.05) is 19.6 Å². The van der Waals surface area contributed by atoms with Crippen LogP contribution in [-0.2, 0) is 0 Å². The lowest BCUT2D eigenvalue weighted by atomic mass is 9.81. The van der Waals surface area contributed by atoms with E-state index in [2.05, 4.69) is 22.7 Å². The number of carbonyl (C=O) groups excluding carboxylic acids is 1. The number of non-ortho nitro benzene ring substituents is 1. The Kier molecular flexibility index (Phi) is 6.33. The Balaban J connectivity index is 0.00000243. The molecule has 3 rings (SSSR count). The zero-order valence-corrected chi connectivity index (χ0v) is 15.3. The van der Waals surface area contributed by atoms with Crippen LogP contribution in [0.4, 0.5) is 5.69 Å². The molecule has 0 aliphatic carbocycles. The summed E-state index contributed by atoms with van der Waals surface area (Å²) in [5.41, 5.74) is 1.27. The first-order valence-corrected chi connectivity index (χ1v) is 8.25. The predicted molar refractivity (Wildman–Crippen MR) is 100 cm³/mol. The molecule has 0 saturated carbocycles. The second kappa shape index (κ2) is 8.29. The number of hydrogen-bond acceptors (Lipinski definition) is 5. The number of amides is 1. The largest absolute Gasteiger partial charge is 0.351 e. The number of nitrogens with one attached hydrogen (secondary N) is 2. The van der Waals surface area contributed by atoms with Crippen LogP contribution in [0.15, 0.2) is 36.7 Å². The molecule has 0 atom stereocenters. The maximum Gasteiger partial charge on any atom is 0.269 e. The van der Waals surface area contributed by atoms with Gasteiger partial charge in [-0.25, -0.2) is 4.68 Å². The summed E-state index contributed by atoms with van der Waals surface area (Å²) < 4.78 is 1.53. The van der Waals surface area contributed by atoms with Gasteiger partial charge in [-0.15, -0.1) is 12.4 Å². The molecule has 9 heteroatoms. The third-order valence-corrected chi connectivity index (χ3v) is 4.66.